The Hall–Kier alpha value is -2.45. The molecule has 0 unspecified atom stereocenters. The molecule has 1 aliphatic carbocycles. The van der Waals surface area contributed by atoms with Crippen LogP contribution in [0.15, 0.2) is 12.0 Å². The lowest BCUT2D eigenvalue weighted by Gasteiger charge is -2.35. The van der Waals surface area contributed by atoms with Crippen molar-refractivity contribution in [1.29, 1.82) is 0 Å². The first-order chi connectivity index (χ1) is 10.5. The summed E-state index contributed by atoms with van der Waals surface area (Å²) in [6, 6.07) is -0.385. The summed E-state index contributed by atoms with van der Waals surface area (Å²) in [5.41, 5.74) is 0. The normalized spacial score (nSPS) is 25.6. The lowest BCUT2D eigenvalue weighted by atomic mass is 10.2. The second-order valence-corrected chi connectivity index (χ2v) is 4.82. The molecule has 0 spiro atoms. The lowest BCUT2D eigenvalue weighted by Crippen LogP contribution is -2.53. The first kappa shape index (κ1) is 15.9. The van der Waals surface area contributed by atoms with E-state index in [1.54, 1.807) is 6.08 Å². The topological polar surface area (TPSA) is 94.6 Å². The van der Waals surface area contributed by atoms with E-state index in [2.05, 4.69) is 9.47 Å². The second kappa shape index (κ2) is 6.12. The van der Waals surface area contributed by atoms with E-state index in [1.807, 2.05) is 0 Å². The van der Waals surface area contributed by atoms with Crippen LogP contribution in [-0.2, 0) is 23.7 Å². The highest BCUT2D eigenvalue weighted by molar-refractivity contribution is 5.77. The number of nitrogens with zero attached hydrogens (tertiary/aromatic N) is 2. The van der Waals surface area contributed by atoms with Gasteiger partial charge >= 0.3 is 18.2 Å². The van der Waals surface area contributed by atoms with Crippen molar-refractivity contribution in [3.05, 3.63) is 12.0 Å². The summed E-state index contributed by atoms with van der Waals surface area (Å²) in [5.74, 6) is -0.535. The van der Waals surface area contributed by atoms with Gasteiger partial charge in [0.25, 0.3) is 0 Å². The molecule has 9 heteroatoms. The summed E-state index contributed by atoms with van der Waals surface area (Å²) in [6.45, 7) is 0. The molecular formula is C13H18N2O7. The molecule has 122 valence electrons. The van der Waals surface area contributed by atoms with Gasteiger partial charge in [-0.05, 0) is 6.08 Å². The Morgan fingerprint density at radius 3 is 2.18 bits per heavy atom. The van der Waals surface area contributed by atoms with Crippen LogP contribution in [0.25, 0.3) is 0 Å². The standard InChI is InChI=1S/C13H18N2O7/c1-19-9-5-7-8(6-10(16)20-2)11(7)15(13(18)22-4)14(9)12(17)21-3/h5,7-8,11H,6H2,1-4H3/t7-,8+,11-/m1/s1. The maximum absolute atomic E-state index is 12.1. The van der Waals surface area contributed by atoms with Crippen LogP contribution in [0.3, 0.4) is 0 Å². The monoisotopic (exact) mass is 314 g/mol. The van der Waals surface area contributed by atoms with Gasteiger partial charge in [0.2, 0.25) is 5.88 Å². The fourth-order valence-electron chi connectivity index (χ4n) is 2.67. The number of carbonyl (C=O) groups is 3. The number of hydrazine groups is 1. The highest BCUT2D eigenvalue weighted by Crippen LogP contribution is 2.51. The molecule has 1 heterocycles. The van der Waals surface area contributed by atoms with Gasteiger partial charge in [0.05, 0.1) is 40.9 Å². The van der Waals surface area contributed by atoms with Gasteiger partial charge in [-0.2, -0.15) is 0 Å². The first-order valence-corrected chi connectivity index (χ1v) is 6.57. The van der Waals surface area contributed by atoms with Gasteiger partial charge in [0, 0.05) is 11.8 Å². The fraction of sp³-hybridized carbons (Fsp3) is 0.615. The second-order valence-electron chi connectivity index (χ2n) is 4.82. The quantitative estimate of drug-likeness (QED) is 0.559. The summed E-state index contributed by atoms with van der Waals surface area (Å²) in [6.07, 6.45) is 0.285. The first-order valence-electron chi connectivity index (χ1n) is 6.57. The SMILES string of the molecule is COC(=O)C[C@H]1[C@H]2C=C(OC)N(C(=O)OC)N(C(=O)OC)[C@H]21. The minimum atomic E-state index is -0.791. The molecule has 9 nitrogen and oxygen atoms in total. The predicted octanol–water partition coefficient (Wildman–Crippen LogP) is 0.717. The molecule has 0 saturated heterocycles. The van der Waals surface area contributed by atoms with E-state index in [0.29, 0.717) is 0 Å². The molecule has 0 radical (unpaired) electrons. The molecule has 0 N–H and O–H groups in total. The molecule has 0 bridgehead atoms. The summed E-state index contributed by atoms with van der Waals surface area (Å²) >= 11 is 0. The summed E-state index contributed by atoms with van der Waals surface area (Å²) in [4.78, 5) is 35.5. The van der Waals surface area contributed by atoms with Crippen molar-refractivity contribution in [2.75, 3.05) is 28.4 Å². The minimum Gasteiger partial charge on any atom is -0.481 e. The Bertz CT molecular complexity index is 519. The summed E-state index contributed by atoms with van der Waals surface area (Å²) in [5, 5.41) is 2.08. The lowest BCUT2D eigenvalue weighted by molar-refractivity contribution is -0.141. The largest absolute Gasteiger partial charge is 0.481 e. The Morgan fingerprint density at radius 1 is 1.05 bits per heavy atom. The Morgan fingerprint density at radius 2 is 1.68 bits per heavy atom. The van der Waals surface area contributed by atoms with Crippen molar-refractivity contribution in [2.45, 2.75) is 12.5 Å². The minimum absolute atomic E-state index is 0.117. The number of fused-ring (bicyclic) bond motifs is 1. The van der Waals surface area contributed by atoms with Crippen molar-refractivity contribution >= 4 is 18.2 Å². The van der Waals surface area contributed by atoms with Crippen LogP contribution in [0, 0.1) is 11.8 Å². The maximum Gasteiger partial charge on any atom is 0.436 e. The van der Waals surface area contributed by atoms with E-state index in [-0.39, 0.29) is 36.2 Å². The van der Waals surface area contributed by atoms with Gasteiger partial charge in [0.1, 0.15) is 0 Å². The Kier molecular flexibility index (Phi) is 4.43. The van der Waals surface area contributed by atoms with Crippen molar-refractivity contribution in [1.82, 2.24) is 10.0 Å². The van der Waals surface area contributed by atoms with E-state index >= 15 is 0 Å². The van der Waals surface area contributed by atoms with Crippen molar-refractivity contribution in [3.8, 4) is 0 Å². The Balaban J connectivity index is 2.31. The number of methoxy groups -OCH3 is 4. The number of ether oxygens (including phenoxy) is 4. The van der Waals surface area contributed by atoms with E-state index in [1.165, 1.54) is 28.4 Å². The van der Waals surface area contributed by atoms with Crippen LogP contribution in [0.4, 0.5) is 9.59 Å². The summed E-state index contributed by atoms with van der Waals surface area (Å²) in [7, 11) is 5.06. The van der Waals surface area contributed by atoms with E-state index in [4.69, 9.17) is 9.47 Å². The number of hydrogen-bond acceptors (Lipinski definition) is 7. The van der Waals surface area contributed by atoms with Gasteiger partial charge in [-0.1, -0.05) is 0 Å². The molecule has 1 aliphatic heterocycles. The molecule has 22 heavy (non-hydrogen) atoms. The summed E-state index contributed by atoms with van der Waals surface area (Å²) < 4.78 is 19.2. The van der Waals surface area contributed by atoms with Crippen LogP contribution in [0.1, 0.15) is 6.42 Å². The van der Waals surface area contributed by atoms with Gasteiger partial charge in [-0.15, -0.1) is 5.01 Å². The molecule has 0 aromatic carbocycles. The molecule has 1 fully saturated rings. The number of hydrogen-bond donors (Lipinski definition) is 0. The highest BCUT2D eigenvalue weighted by Gasteiger charge is 2.61. The molecule has 2 aliphatic rings. The van der Waals surface area contributed by atoms with Gasteiger partial charge < -0.3 is 18.9 Å². The van der Waals surface area contributed by atoms with Crippen molar-refractivity contribution in [3.63, 3.8) is 0 Å². The average molecular weight is 314 g/mol. The van der Waals surface area contributed by atoms with Crippen molar-refractivity contribution < 1.29 is 33.3 Å². The van der Waals surface area contributed by atoms with E-state index in [9.17, 15) is 14.4 Å². The highest BCUT2D eigenvalue weighted by atomic mass is 16.6. The van der Waals surface area contributed by atoms with Crippen LogP contribution in [0.5, 0.6) is 0 Å². The molecule has 0 aromatic rings. The smallest absolute Gasteiger partial charge is 0.436 e. The van der Waals surface area contributed by atoms with Gasteiger partial charge in [-0.25, -0.2) is 14.6 Å². The number of esters is 1. The zero-order chi connectivity index (χ0) is 16.4. The molecule has 3 atom stereocenters. The van der Waals surface area contributed by atoms with Crippen molar-refractivity contribution in [2.24, 2.45) is 11.8 Å². The maximum atomic E-state index is 12.1. The third-order valence-corrected chi connectivity index (χ3v) is 3.78. The van der Waals surface area contributed by atoms with Crippen LogP contribution < -0.4 is 0 Å². The Labute approximate surface area is 127 Å². The molecule has 2 amide bonds. The number of amides is 2. The van der Waals surface area contributed by atoms with E-state index in [0.717, 1.165) is 10.0 Å². The number of rotatable bonds is 3. The van der Waals surface area contributed by atoms with Crippen LogP contribution in [0.2, 0.25) is 0 Å². The predicted molar refractivity (Wildman–Crippen MR) is 71.0 cm³/mol. The molecule has 1 saturated carbocycles. The average Bonchev–Trinajstić information content (AvgIpc) is 3.23. The molecular weight excluding hydrogens is 296 g/mol. The van der Waals surface area contributed by atoms with Gasteiger partial charge in [-0.3, -0.25) is 4.79 Å². The number of carbonyl (C=O) groups excluding carboxylic acids is 3. The van der Waals surface area contributed by atoms with E-state index < -0.39 is 12.2 Å². The third-order valence-electron chi connectivity index (χ3n) is 3.78. The molecule has 0 aromatic heterocycles. The molecule has 2 rings (SSSR count). The zero-order valence-corrected chi connectivity index (χ0v) is 12.8. The van der Waals surface area contributed by atoms with Crippen LogP contribution in [-0.4, -0.2) is 62.7 Å². The third kappa shape index (κ3) is 2.53. The zero-order valence-electron chi connectivity index (χ0n) is 12.8. The van der Waals surface area contributed by atoms with Gasteiger partial charge in [0.15, 0.2) is 0 Å². The van der Waals surface area contributed by atoms with Crippen LogP contribution >= 0.6 is 0 Å². The fourth-order valence-corrected chi connectivity index (χ4v) is 2.67.